The number of nitrogens with zero attached hydrogens (tertiary/aromatic N) is 1. The summed E-state index contributed by atoms with van der Waals surface area (Å²) in [4.78, 5) is 12.0. The Labute approximate surface area is 162 Å². The molecule has 0 radical (unpaired) electrons. The monoisotopic (exact) mass is 420 g/mol. The minimum absolute atomic E-state index is 0.0162. The van der Waals surface area contributed by atoms with Crippen molar-refractivity contribution in [3.05, 3.63) is 29.8 Å². The van der Waals surface area contributed by atoms with E-state index in [4.69, 9.17) is 4.74 Å². The fraction of sp³-hybridized carbons (Fsp3) is 0.611. The zero-order valence-electron chi connectivity index (χ0n) is 15.2. The van der Waals surface area contributed by atoms with Crippen molar-refractivity contribution < 1.29 is 31.1 Å². The number of nitrogens with one attached hydrogen (secondary N) is 1. The summed E-state index contributed by atoms with van der Waals surface area (Å²) < 4.78 is 70.9. The van der Waals surface area contributed by atoms with Crippen LogP contribution in [0.1, 0.15) is 31.2 Å². The summed E-state index contributed by atoms with van der Waals surface area (Å²) >= 11 is 0. The molecule has 3 rings (SSSR count). The van der Waals surface area contributed by atoms with Crippen LogP contribution in [0.25, 0.3) is 0 Å². The Morgan fingerprint density at radius 1 is 1.25 bits per heavy atom. The number of carbonyl (C=O) groups is 1. The summed E-state index contributed by atoms with van der Waals surface area (Å²) in [6.45, 7) is 1.19. The largest absolute Gasteiger partial charge is 0.416 e. The number of rotatable bonds is 5. The van der Waals surface area contributed by atoms with Crippen LogP contribution in [-0.4, -0.2) is 51.0 Å². The molecule has 2 heterocycles. The summed E-state index contributed by atoms with van der Waals surface area (Å²) in [6.07, 6.45) is -1.81. The van der Waals surface area contributed by atoms with E-state index in [1.165, 1.54) is 0 Å². The van der Waals surface area contributed by atoms with Crippen LogP contribution in [0.15, 0.2) is 29.2 Å². The van der Waals surface area contributed by atoms with E-state index in [-0.39, 0.29) is 25.1 Å². The minimum Gasteiger partial charge on any atom is -0.376 e. The second-order valence-corrected chi connectivity index (χ2v) is 9.05. The van der Waals surface area contributed by atoms with Gasteiger partial charge in [-0.15, -0.1) is 0 Å². The van der Waals surface area contributed by atoms with Crippen molar-refractivity contribution in [2.45, 2.75) is 42.9 Å². The molecule has 1 N–H and O–H groups in total. The van der Waals surface area contributed by atoms with E-state index in [0.717, 1.165) is 35.3 Å². The Morgan fingerprint density at radius 2 is 2.04 bits per heavy atom. The summed E-state index contributed by atoms with van der Waals surface area (Å²) in [6, 6.07) is 3.68. The van der Waals surface area contributed by atoms with Crippen molar-refractivity contribution in [2.24, 2.45) is 5.92 Å². The molecule has 2 aliphatic rings. The van der Waals surface area contributed by atoms with E-state index in [1.807, 2.05) is 0 Å². The summed E-state index contributed by atoms with van der Waals surface area (Å²) in [5.41, 5.74) is -1.02. The molecule has 0 spiro atoms. The SMILES string of the molecule is O=C(NC[C@H]1CCCO1)[C@@H]1CCCN(S(=O)(=O)c2cccc(C(F)(F)F)c2)C1. The number of halogens is 3. The van der Waals surface area contributed by atoms with Crippen LogP contribution in [0.2, 0.25) is 0 Å². The number of benzene rings is 1. The average molecular weight is 420 g/mol. The zero-order valence-corrected chi connectivity index (χ0v) is 16.1. The highest BCUT2D eigenvalue weighted by Gasteiger charge is 2.36. The number of sulfonamides is 1. The fourth-order valence-electron chi connectivity index (χ4n) is 3.52. The molecule has 0 aliphatic carbocycles. The van der Waals surface area contributed by atoms with Crippen LogP contribution in [0, 0.1) is 5.92 Å². The first-order chi connectivity index (χ1) is 13.2. The van der Waals surface area contributed by atoms with E-state index < -0.39 is 32.6 Å². The first-order valence-corrected chi connectivity index (χ1v) is 10.7. The van der Waals surface area contributed by atoms with Gasteiger partial charge in [0.1, 0.15) is 0 Å². The number of alkyl halides is 3. The van der Waals surface area contributed by atoms with Crippen LogP contribution in [-0.2, 0) is 25.7 Å². The lowest BCUT2D eigenvalue weighted by molar-refractivity contribution is -0.137. The second kappa shape index (κ2) is 8.38. The molecule has 2 atom stereocenters. The average Bonchev–Trinajstić information content (AvgIpc) is 3.19. The third kappa shape index (κ3) is 4.84. The Balaban J connectivity index is 1.68. The molecular formula is C18H23F3N2O4S. The van der Waals surface area contributed by atoms with Crippen molar-refractivity contribution >= 4 is 15.9 Å². The molecule has 1 aromatic rings. The van der Waals surface area contributed by atoms with E-state index in [1.54, 1.807) is 0 Å². The quantitative estimate of drug-likeness (QED) is 0.794. The van der Waals surface area contributed by atoms with Gasteiger partial charge >= 0.3 is 6.18 Å². The number of hydrogen-bond acceptors (Lipinski definition) is 4. The van der Waals surface area contributed by atoms with Crippen LogP contribution < -0.4 is 5.32 Å². The fourth-order valence-corrected chi connectivity index (χ4v) is 5.09. The van der Waals surface area contributed by atoms with Crippen LogP contribution in [0.3, 0.4) is 0 Å². The van der Waals surface area contributed by atoms with Crippen molar-refractivity contribution in [1.29, 1.82) is 0 Å². The molecule has 2 aliphatic heterocycles. The Kier molecular flexibility index (Phi) is 6.31. The third-order valence-electron chi connectivity index (χ3n) is 5.08. The van der Waals surface area contributed by atoms with Gasteiger partial charge in [-0.2, -0.15) is 17.5 Å². The number of carbonyl (C=O) groups excluding carboxylic acids is 1. The molecule has 0 bridgehead atoms. The maximum Gasteiger partial charge on any atom is 0.416 e. The van der Waals surface area contributed by atoms with Gasteiger partial charge in [0.15, 0.2) is 0 Å². The number of ether oxygens (including phenoxy) is 1. The summed E-state index contributed by atoms with van der Waals surface area (Å²) in [5.74, 6) is -0.782. The molecule has 2 saturated heterocycles. The number of piperidine rings is 1. The maximum absolute atomic E-state index is 12.9. The van der Waals surface area contributed by atoms with Gasteiger partial charge in [-0.05, 0) is 43.9 Å². The third-order valence-corrected chi connectivity index (χ3v) is 6.94. The first kappa shape index (κ1) is 21.1. The summed E-state index contributed by atoms with van der Waals surface area (Å²) in [5, 5.41) is 2.80. The van der Waals surface area contributed by atoms with Gasteiger partial charge in [0.2, 0.25) is 15.9 Å². The van der Waals surface area contributed by atoms with E-state index >= 15 is 0 Å². The normalized spacial score (nSPS) is 24.2. The lowest BCUT2D eigenvalue weighted by Crippen LogP contribution is -2.46. The Morgan fingerprint density at radius 3 is 2.71 bits per heavy atom. The summed E-state index contributed by atoms with van der Waals surface area (Å²) in [7, 11) is -4.11. The van der Waals surface area contributed by atoms with Gasteiger partial charge < -0.3 is 10.1 Å². The highest BCUT2D eigenvalue weighted by molar-refractivity contribution is 7.89. The minimum atomic E-state index is -4.63. The molecule has 28 heavy (non-hydrogen) atoms. The van der Waals surface area contributed by atoms with Crippen LogP contribution in [0.5, 0.6) is 0 Å². The predicted octanol–water partition coefficient (Wildman–Crippen LogP) is 2.40. The second-order valence-electron chi connectivity index (χ2n) is 7.11. The zero-order chi connectivity index (χ0) is 20.4. The van der Waals surface area contributed by atoms with Crippen molar-refractivity contribution in [3.63, 3.8) is 0 Å². The maximum atomic E-state index is 12.9. The van der Waals surface area contributed by atoms with E-state index in [9.17, 15) is 26.4 Å². The van der Waals surface area contributed by atoms with Gasteiger partial charge in [0.05, 0.1) is 22.5 Å². The van der Waals surface area contributed by atoms with Crippen LogP contribution in [0.4, 0.5) is 13.2 Å². The highest BCUT2D eigenvalue weighted by Crippen LogP contribution is 2.32. The lowest BCUT2D eigenvalue weighted by Gasteiger charge is -2.31. The molecule has 0 saturated carbocycles. The Hall–Kier alpha value is -1.65. The molecule has 1 amide bonds. The molecule has 1 aromatic carbocycles. The van der Waals surface area contributed by atoms with Gasteiger partial charge in [-0.25, -0.2) is 8.42 Å². The van der Waals surface area contributed by atoms with Gasteiger partial charge in [0.25, 0.3) is 0 Å². The Bertz CT molecular complexity index is 807. The van der Waals surface area contributed by atoms with Crippen molar-refractivity contribution in [2.75, 3.05) is 26.2 Å². The number of hydrogen-bond donors (Lipinski definition) is 1. The standard InChI is InChI=1S/C18H23F3N2O4S/c19-18(20,21)14-5-1-7-16(10-14)28(25,26)23-8-2-4-13(12-23)17(24)22-11-15-6-3-9-27-15/h1,5,7,10,13,15H,2-4,6,8-9,11-12H2,(H,22,24)/t13-,15-/m1/s1. The topological polar surface area (TPSA) is 75.7 Å². The molecule has 0 unspecified atom stereocenters. The van der Waals surface area contributed by atoms with Crippen LogP contribution >= 0.6 is 0 Å². The smallest absolute Gasteiger partial charge is 0.376 e. The van der Waals surface area contributed by atoms with Gasteiger partial charge in [-0.1, -0.05) is 6.07 Å². The van der Waals surface area contributed by atoms with E-state index in [0.29, 0.717) is 32.1 Å². The van der Waals surface area contributed by atoms with E-state index in [2.05, 4.69) is 5.32 Å². The first-order valence-electron chi connectivity index (χ1n) is 9.24. The van der Waals surface area contributed by atoms with Crippen molar-refractivity contribution in [3.8, 4) is 0 Å². The van der Waals surface area contributed by atoms with Gasteiger partial charge in [-0.3, -0.25) is 4.79 Å². The molecule has 0 aromatic heterocycles. The highest BCUT2D eigenvalue weighted by atomic mass is 32.2. The van der Waals surface area contributed by atoms with Gasteiger partial charge in [0, 0.05) is 26.2 Å². The molecule has 10 heteroatoms. The van der Waals surface area contributed by atoms with Crippen molar-refractivity contribution in [1.82, 2.24) is 9.62 Å². The molecular weight excluding hydrogens is 397 g/mol. The number of amides is 1. The molecule has 2 fully saturated rings. The molecule has 6 nitrogen and oxygen atoms in total. The molecule has 156 valence electrons. The lowest BCUT2D eigenvalue weighted by atomic mass is 9.99. The predicted molar refractivity (Wildman–Crippen MR) is 94.9 cm³/mol.